The molecular weight excluding hydrogens is 372 g/mol. The van der Waals surface area contributed by atoms with Crippen molar-refractivity contribution in [3.63, 3.8) is 0 Å². The maximum Gasteiger partial charge on any atom is 0.411 e. The topological polar surface area (TPSA) is 137 Å². The minimum absolute atomic E-state index is 0.0877. The molecule has 0 aromatic heterocycles. The standard InChI is InChI=1S/C21H28N4O4/c1-4-5-6-11-15(16-17(22)21(2,3)12-29-20(28)25-16)24-19(27)14-10-8-7-9-13(14)18(23)26/h7-10H,4-6,11-12,22H2,1-3H3,(H2,23,26)(H,25,28)/b24-15+. The van der Waals surface area contributed by atoms with Crippen LogP contribution in [0.25, 0.3) is 0 Å². The van der Waals surface area contributed by atoms with Gasteiger partial charge in [-0.25, -0.2) is 9.79 Å². The highest BCUT2D eigenvalue weighted by Crippen LogP contribution is 2.28. The third-order valence-electron chi connectivity index (χ3n) is 4.75. The van der Waals surface area contributed by atoms with E-state index in [1.54, 1.807) is 12.1 Å². The van der Waals surface area contributed by atoms with E-state index in [0.717, 1.165) is 19.3 Å². The molecule has 0 saturated heterocycles. The third kappa shape index (κ3) is 5.43. The average Bonchev–Trinajstić information content (AvgIpc) is 2.78. The Hall–Kier alpha value is -3.16. The number of hydrogen-bond donors (Lipinski definition) is 3. The molecule has 1 aliphatic heterocycles. The van der Waals surface area contributed by atoms with Gasteiger partial charge in [0, 0.05) is 11.1 Å². The molecule has 1 aromatic carbocycles. The van der Waals surface area contributed by atoms with E-state index >= 15 is 0 Å². The number of nitrogens with two attached hydrogens (primary N) is 2. The van der Waals surface area contributed by atoms with Gasteiger partial charge in [-0.1, -0.05) is 45.7 Å². The van der Waals surface area contributed by atoms with Gasteiger partial charge in [-0.05, 0) is 25.0 Å². The first kappa shape index (κ1) is 22.1. The number of carbonyl (C=O) groups is 3. The minimum atomic E-state index is -0.715. The first-order valence-corrected chi connectivity index (χ1v) is 9.62. The molecule has 8 nitrogen and oxygen atoms in total. The second-order valence-electron chi connectivity index (χ2n) is 7.60. The fraction of sp³-hybridized carbons (Fsp3) is 0.429. The van der Waals surface area contributed by atoms with E-state index in [9.17, 15) is 14.4 Å². The van der Waals surface area contributed by atoms with Crippen LogP contribution in [0, 0.1) is 5.41 Å². The number of unbranched alkanes of at least 4 members (excludes halogenated alkanes) is 2. The molecule has 0 saturated carbocycles. The fourth-order valence-electron chi connectivity index (χ4n) is 2.94. The number of amides is 3. The van der Waals surface area contributed by atoms with E-state index in [1.165, 1.54) is 12.1 Å². The number of benzene rings is 1. The molecule has 156 valence electrons. The van der Waals surface area contributed by atoms with Crippen LogP contribution >= 0.6 is 0 Å². The van der Waals surface area contributed by atoms with Crippen LogP contribution in [0.2, 0.25) is 0 Å². The molecule has 2 rings (SSSR count). The number of hydrogen-bond acceptors (Lipinski definition) is 5. The van der Waals surface area contributed by atoms with Gasteiger partial charge in [0.1, 0.15) is 6.61 Å². The number of ether oxygens (including phenoxy) is 1. The van der Waals surface area contributed by atoms with Crippen molar-refractivity contribution in [3.8, 4) is 0 Å². The number of rotatable bonds is 7. The van der Waals surface area contributed by atoms with Crippen molar-refractivity contribution in [3.05, 3.63) is 46.8 Å². The second kappa shape index (κ2) is 9.36. The lowest BCUT2D eigenvalue weighted by Gasteiger charge is -2.23. The number of aliphatic imine (C=N–C) groups is 1. The summed E-state index contributed by atoms with van der Waals surface area (Å²) in [6, 6.07) is 6.21. The van der Waals surface area contributed by atoms with Crippen molar-refractivity contribution in [1.82, 2.24) is 5.32 Å². The van der Waals surface area contributed by atoms with Gasteiger partial charge < -0.3 is 16.2 Å². The molecule has 0 aliphatic carbocycles. The van der Waals surface area contributed by atoms with E-state index < -0.39 is 23.3 Å². The zero-order chi connectivity index (χ0) is 21.6. The number of primary amides is 1. The maximum absolute atomic E-state index is 12.9. The van der Waals surface area contributed by atoms with Crippen LogP contribution in [0.3, 0.4) is 0 Å². The molecule has 0 bridgehead atoms. The smallest absolute Gasteiger partial charge is 0.411 e. The van der Waals surface area contributed by atoms with Gasteiger partial charge in [-0.15, -0.1) is 0 Å². The van der Waals surface area contributed by atoms with Gasteiger partial charge >= 0.3 is 6.09 Å². The van der Waals surface area contributed by atoms with Crippen molar-refractivity contribution in [2.24, 2.45) is 21.9 Å². The molecule has 29 heavy (non-hydrogen) atoms. The monoisotopic (exact) mass is 400 g/mol. The molecule has 3 amide bonds. The quantitative estimate of drug-likeness (QED) is 0.477. The number of carbonyl (C=O) groups excluding carboxylic acids is 3. The lowest BCUT2D eigenvalue weighted by atomic mass is 9.88. The zero-order valence-corrected chi connectivity index (χ0v) is 17.1. The highest BCUT2D eigenvalue weighted by Gasteiger charge is 2.32. The van der Waals surface area contributed by atoms with Crippen molar-refractivity contribution in [2.45, 2.75) is 46.5 Å². The molecule has 1 heterocycles. The average molecular weight is 400 g/mol. The highest BCUT2D eigenvalue weighted by atomic mass is 16.5. The Labute approximate surface area is 170 Å². The van der Waals surface area contributed by atoms with Crippen LogP contribution in [0.5, 0.6) is 0 Å². The Bertz CT molecular complexity index is 871. The molecule has 1 aliphatic rings. The van der Waals surface area contributed by atoms with Gasteiger partial charge in [0.25, 0.3) is 5.91 Å². The van der Waals surface area contributed by atoms with Crippen LogP contribution in [0.1, 0.15) is 67.2 Å². The summed E-state index contributed by atoms with van der Waals surface area (Å²) in [6.07, 6.45) is 2.44. The Kier molecular flexibility index (Phi) is 7.14. The van der Waals surface area contributed by atoms with E-state index in [1.807, 2.05) is 13.8 Å². The lowest BCUT2D eigenvalue weighted by molar-refractivity contribution is 0.0968. The highest BCUT2D eigenvalue weighted by molar-refractivity contribution is 6.14. The molecule has 0 unspecified atom stereocenters. The van der Waals surface area contributed by atoms with E-state index in [-0.39, 0.29) is 17.7 Å². The van der Waals surface area contributed by atoms with Gasteiger partial charge in [0.15, 0.2) is 0 Å². The molecule has 0 fully saturated rings. The summed E-state index contributed by atoms with van der Waals surface area (Å²) in [7, 11) is 0. The van der Waals surface area contributed by atoms with E-state index in [4.69, 9.17) is 16.2 Å². The molecular formula is C21H28N4O4. The predicted octanol–water partition coefficient (Wildman–Crippen LogP) is 2.88. The summed E-state index contributed by atoms with van der Waals surface area (Å²) in [5.74, 6) is -1.34. The largest absolute Gasteiger partial charge is 0.448 e. The van der Waals surface area contributed by atoms with Crippen molar-refractivity contribution in [2.75, 3.05) is 6.61 Å². The Morgan fingerprint density at radius 2 is 1.86 bits per heavy atom. The maximum atomic E-state index is 12.9. The lowest BCUT2D eigenvalue weighted by Crippen LogP contribution is -2.31. The fourth-order valence-corrected chi connectivity index (χ4v) is 2.94. The summed E-state index contributed by atoms with van der Waals surface area (Å²) in [5.41, 5.74) is 12.3. The van der Waals surface area contributed by atoms with Crippen LogP contribution in [-0.4, -0.2) is 30.2 Å². The molecule has 0 atom stereocenters. The van der Waals surface area contributed by atoms with Crippen LogP contribution in [-0.2, 0) is 4.74 Å². The minimum Gasteiger partial charge on any atom is -0.448 e. The SMILES string of the molecule is CCCCC/C(=N\C(=O)c1ccccc1C(N)=O)C1=C(N)C(C)(C)COC(=O)N1. The van der Waals surface area contributed by atoms with Crippen molar-refractivity contribution >= 4 is 23.6 Å². The normalized spacial score (nSPS) is 16.7. The molecule has 1 aromatic rings. The van der Waals surface area contributed by atoms with Crippen molar-refractivity contribution < 1.29 is 19.1 Å². The summed E-state index contributed by atoms with van der Waals surface area (Å²) >= 11 is 0. The van der Waals surface area contributed by atoms with Crippen LogP contribution in [0.15, 0.2) is 40.7 Å². The van der Waals surface area contributed by atoms with Crippen LogP contribution in [0.4, 0.5) is 4.79 Å². The Morgan fingerprint density at radius 3 is 2.48 bits per heavy atom. The number of alkyl carbamates (subject to hydrolysis) is 1. The van der Waals surface area contributed by atoms with Gasteiger partial charge in [0.2, 0.25) is 5.91 Å². The van der Waals surface area contributed by atoms with Crippen molar-refractivity contribution in [1.29, 1.82) is 0 Å². The third-order valence-corrected chi connectivity index (χ3v) is 4.75. The van der Waals surface area contributed by atoms with Crippen LogP contribution < -0.4 is 16.8 Å². The molecule has 8 heteroatoms. The van der Waals surface area contributed by atoms with Gasteiger partial charge in [-0.2, -0.15) is 0 Å². The first-order chi connectivity index (χ1) is 13.7. The Balaban J connectivity index is 2.53. The van der Waals surface area contributed by atoms with E-state index in [0.29, 0.717) is 23.5 Å². The summed E-state index contributed by atoms with van der Waals surface area (Å²) in [4.78, 5) is 40.8. The predicted molar refractivity (Wildman–Crippen MR) is 110 cm³/mol. The number of cyclic esters (lactones) is 1. The summed E-state index contributed by atoms with van der Waals surface area (Å²) in [6.45, 7) is 5.85. The number of nitrogens with zero attached hydrogens (tertiary/aromatic N) is 1. The molecule has 0 radical (unpaired) electrons. The van der Waals surface area contributed by atoms with Gasteiger partial charge in [0.05, 0.1) is 22.5 Å². The van der Waals surface area contributed by atoms with Gasteiger partial charge in [-0.3, -0.25) is 14.9 Å². The zero-order valence-electron chi connectivity index (χ0n) is 17.1. The second-order valence-corrected chi connectivity index (χ2v) is 7.60. The Morgan fingerprint density at radius 1 is 1.21 bits per heavy atom. The first-order valence-electron chi connectivity index (χ1n) is 9.62. The number of allylic oxidation sites excluding steroid dienone is 1. The summed E-state index contributed by atoms with van der Waals surface area (Å²) in [5, 5.41) is 2.62. The molecule has 0 spiro atoms. The summed E-state index contributed by atoms with van der Waals surface area (Å²) < 4.78 is 5.16. The number of nitrogens with one attached hydrogen (secondary N) is 1. The molecule has 5 N–H and O–H groups in total. The van der Waals surface area contributed by atoms with E-state index in [2.05, 4.69) is 17.2 Å².